The predicted molar refractivity (Wildman–Crippen MR) is 69.9 cm³/mol. The van der Waals surface area contributed by atoms with Crippen LogP contribution in [0.5, 0.6) is 0 Å². The molecule has 0 radical (unpaired) electrons. The van der Waals surface area contributed by atoms with Crippen LogP contribution in [0.1, 0.15) is 26.3 Å². The van der Waals surface area contributed by atoms with Crippen LogP contribution in [0.25, 0.3) is 0 Å². The first-order chi connectivity index (χ1) is 7.91. The van der Waals surface area contributed by atoms with Gasteiger partial charge in [-0.05, 0) is 24.1 Å². The third-order valence-corrected chi connectivity index (χ3v) is 3.37. The Morgan fingerprint density at radius 2 is 2.06 bits per heavy atom. The van der Waals surface area contributed by atoms with E-state index < -0.39 is 0 Å². The van der Waals surface area contributed by atoms with Gasteiger partial charge >= 0.3 is 0 Å². The van der Waals surface area contributed by atoms with Gasteiger partial charge < -0.3 is 5.32 Å². The van der Waals surface area contributed by atoms with E-state index in [1.54, 1.807) is 12.1 Å². The van der Waals surface area contributed by atoms with Gasteiger partial charge in [-0.15, -0.1) is 0 Å². The van der Waals surface area contributed by atoms with E-state index in [9.17, 15) is 9.18 Å². The molecule has 2 nitrogen and oxygen atoms in total. The molecule has 0 saturated heterocycles. The Bertz CT molecular complexity index is 406. The highest BCUT2D eigenvalue weighted by atomic mass is 79.9. The van der Waals surface area contributed by atoms with Crippen molar-refractivity contribution in [2.24, 2.45) is 11.8 Å². The number of halogens is 2. The number of rotatable bonds is 4. The number of amides is 1. The van der Waals surface area contributed by atoms with E-state index in [-0.39, 0.29) is 30.1 Å². The SMILES string of the molecule is CC(C)C(C)C(=O)NCc1cc(Br)ccc1F. The molecule has 0 bridgehead atoms. The Morgan fingerprint density at radius 3 is 2.65 bits per heavy atom. The molecule has 4 heteroatoms. The summed E-state index contributed by atoms with van der Waals surface area (Å²) in [5.74, 6) is -0.127. The molecular weight excluding hydrogens is 285 g/mol. The monoisotopic (exact) mass is 301 g/mol. The highest BCUT2D eigenvalue weighted by Crippen LogP contribution is 2.16. The third-order valence-electron chi connectivity index (χ3n) is 2.87. The van der Waals surface area contributed by atoms with E-state index in [1.807, 2.05) is 20.8 Å². The van der Waals surface area contributed by atoms with Crippen molar-refractivity contribution in [3.8, 4) is 0 Å². The van der Waals surface area contributed by atoms with Crippen molar-refractivity contribution >= 4 is 21.8 Å². The molecule has 0 heterocycles. The van der Waals surface area contributed by atoms with Crippen molar-refractivity contribution in [1.29, 1.82) is 0 Å². The largest absolute Gasteiger partial charge is 0.352 e. The number of nitrogens with one attached hydrogen (secondary N) is 1. The summed E-state index contributed by atoms with van der Waals surface area (Å²) in [6.07, 6.45) is 0. The van der Waals surface area contributed by atoms with Gasteiger partial charge in [0.15, 0.2) is 0 Å². The zero-order valence-corrected chi connectivity index (χ0v) is 11.8. The molecular formula is C13H17BrFNO. The number of carbonyl (C=O) groups is 1. The summed E-state index contributed by atoms with van der Waals surface area (Å²) in [7, 11) is 0. The molecule has 0 spiro atoms. The molecule has 0 aliphatic rings. The van der Waals surface area contributed by atoms with Gasteiger partial charge in [-0.25, -0.2) is 4.39 Å². The van der Waals surface area contributed by atoms with Crippen molar-refractivity contribution in [2.75, 3.05) is 0 Å². The number of hydrogen-bond acceptors (Lipinski definition) is 1. The van der Waals surface area contributed by atoms with Gasteiger partial charge in [-0.1, -0.05) is 36.7 Å². The average Bonchev–Trinajstić information content (AvgIpc) is 2.28. The lowest BCUT2D eigenvalue weighted by molar-refractivity contribution is -0.125. The van der Waals surface area contributed by atoms with E-state index in [0.717, 1.165) is 4.47 Å². The molecule has 94 valence electrons. The number of benzene rings is 1. The maximum Gasteiger partial charge on any atom is 0.223 e. The van der Waals surface area contributed by atoms with Crippen LogP contribution in [-0.2, 0) is 11.3 Å². The first kappa shape index (κ1) is 14.2. The summed E-state index contributed by atoms with van der Waals surface area (Å²) < 4.78 is 14.2. The molecule has 0 aromatic heterocycles. The zero-order chi connectivity index (χ0) is 13.0. The van der Waals surface area contributed by atoms with Crippen molar-refractivity contribution in [3.05, 3.63) is 34.1 Å². The molecule has 1 N–H and O–H groups in total. The van der Waals surface area contributed by atoms with E-state index in [2.05, 4.69) is 21.2 Å². The normalized spacial score (nSPS) is 12.6. The van der Waals surface area contributed by atoms with Crippen LogP contribution in [0.3, 0.4) is 0 Å². The van der Waals surface area contributed by atoms with Crippen molar-refractivity contribution < 1.29 is 9.18 Å². The van der Waals surface area contributed by atoms with Crippen molar-refractivity contribution in [3.63, 3.8) is 0 Å². The highest BCUT2D eigenvalue weighted by Gasteiger charge is 2.16. The predicted octanol–water partition coefficient (Wildman–Crippen LogP) is 3.50. The Kier molecular flexibility index (Phi) is 5.12. The second-order valence-electron chi connectivity index (χ2n) is 4.49. The van der Waals surface area contributed by atoms with Crippen molar-refractivity contribution in [2.45, 2.75) is 27.3 Å². The van der Waals surface area contributed by atoms with E-state index >= 15 is 0 Å². The molecule has 1 amide bonds. The Morgan fingerprint density at radius 1 is 1.41 bits per heavy atom. The summed E-state index contributed by atoms with van der Waals surface area (Å²) in [5.41, 5.74) is 0.490. The Hall–Kier alpha value is -0.900. The van der Waals surface area contributed by atoms with Gasteiger partial charge in [-0.2, -0.15) is 0 Å². The minimum absolute atomic E-state index is 0.0422. The fourth-order valence-electron chi connectivity index (χ4n) is 1.32. The molecule has 0 aliphatic carbocycles. The maximum absolute atomic E-state index is 13.4. The fraction of sp³-hybridized carbons (Fsp3) is 0.462. The van der Waals surface area contributed by atoms with E-state index in [1.165, 1.54) is 6.07 Å². The molecule has 1 aromatic carbocycles. The minimum Gasteiger partial charge on any atom is -0.352 e. The summed E-state index contributed by atoms with van der Waals surface area (Å²) in [4.78, 5) is 11.7. The molecule has 0 aliphatic heterocycles. The van der Waals surface area contributed by atoms with Crippen LogP contribution in [0, 0.1) is 17.7 Å². The van der Waals surface area contributed by atoms with Crippen LogP contribution in [0.2, 0.25) is 0 Å². The standard InChI is InChI=1S/C13H17BrFNO/c1-8(2)9(3)13(17)16-7-10-6-11(14)4-5-12(10)15/h4-6,8-9H,7H2,1-3H3,(H,16,17). The first-order valence-corrected chi connectivity index (χ1v) is 6.42. The van der Waals surface area contributed by atoms with Gasteiger partial charge in [0.1, 0.15) is 5.82 Å². The van der Waals surface area contributed by atoms with Gasteiger partial charge in [0.25, 0.3) is 0 Å². The van der Waals surface area contributed by atoms with Gasteiger partial charge in [-0.3, -0.25) is 4.79 Å². The number of hydrogen-bond donors (Lipinski definition) is 1. The van der Waals surface area contributed by atoms with Crippen LogP contribution in [0.15, 0.2) is 22.7 Å². The molecule has 1 aromatic rings. The van der Waals surface area contributed by atoms with E-state index in [4.69, 9.17) is 0 Å². The van der Waals surface area contributed by atoms with Crippen LogP contribution >= 0.6 is 15.9 Å². The summed E-state index contributed by atoms with van der Waals surface area (Å²) >= 11 is 3.28. The highest BCUT2D eigenvalue weighted by molar-refractivity contribution is 9.10. The molecule has 0 fully saturated rings. The average molecular weight is 302 g/mol. The summed E-state index contributed by atoms with van der Waals surface area (Å²) in [6, 6.07) is 4.70. The molecule has 1 unspecified atom stereocenters. The van der Waals surface area contributed by atoms with Gasteiger partial charge in [0, 0.05) is 22.5 Å². The Balaban J connectivity index is 2.61. The molecule has 1 atom stereocenters. The fourth-order valence-corrected chi connectivity index (χ4v) is 1.73. The lowest BCUT2D eigenvalue weighted by Gasteiger charge is -2.15. The second-order valence-corrected chi connectivity index (χ2v) is 5.40. The lowest BCUT2D eigenvalue weighted by Crippen LogP contribution is -2.31. The summed E-state index contributed by atoms with van der Waals surface area (Å²) in [5, 5.41) is 2.75. The maximum atomic E-state index is 13.4. The van der Waals surface area contributed by atoms with Crippen LogP contribution in [0.4, 0.5) is 4.39 Å². The lowest BCUT2D eigenvalue weighted by atomic mass is 9.97. The van der Waals surface area contributed by atoms with Crippen LogP contribution in [-0.4, -0.2) is 5.91 Å². The summed E-state index contributed by atoms with van der Waals surface area (Å²) in [6.45, 7) is 6.08. The Labute approximate surface area is 110 Å². The van der Waals surface area contributed by atoms with E-state index in [0.29, 0.717) is 5.56 Å². The molecule has 0 saturated carbocycles. The van der Waals surface area contributed by atoms with Gasteiger partial charge in [0.05, 0.1) is 0 Å². The quantitative estimate of drug-likeness (QED) is 0.906. The van der Waals surface area contributed by atoms with Crippen LogP contribution < -0.4 is 5.32 Å². The number of carbonyl (C=O) groups excluding carboxylic acids is 1. The zero-order valence-electron chi connectivity index (χ0n) is 10.3. The van der Waals surface area contributed by atoms with Crippen molar-refractivity contribution in [1.82, 2.24) is 5.32 Å². The first-order valence-electron chi connectivity index (χ1n) is 5.63. The smallest absolute Gasteiger partial charge is 0.223 e. The molecule has 1 rings (SSSR count). The topological polar surface area (TPSA) is 29.1 Å². The molecule has 17 heavy (non-hydrogen) atoms. The third kappa shape index (κ3) is 4.11. The van der Waals surface area contributed by atoms with Gasteiger partial charge in [0.2, 0.25) is 5.91 Å². The second kappa shape index (κ2) is 6.15. The minimum atomic E-state index is -0.300.